The van der Waals surface area contributed by atoms with E-state index in [0.717, 1.165) is 0 Å². The van der Waals surface area contributed by atoms with Crippen LogP contribution in [-0.4, -0.2) is 54.5 Å². The van der Waals surface area contributed by atoms with Gasteiger partial charge in [-0.1, -0.05) is 18.2 Å². The molecule has 0 bridgehead atoms. The topological polar surface area (TPSA) is 117 Å². The van der Waals surface area contributed by atoms with E-state index in [-0.39, 0.29) is 23.9 Å². The van der Waals surface area contributed by atoms with Gasteiger partial charge < -0.3 is 10.2 Å². The summed E-state index contributed by atoms with van der Waals surface area (Å²) in [5.41, 5.74) is 0.871. The maximum atomic E-state index is 13.0. The van der Waals surface area contributed by atoms with Crippen molar-refractivity contribution >= 4 is 11.8 Å². The summed E-state index contributed by atoms with van der Waals surface area (Å²) >= 11 is 0. The molecule has 2 atom stereocenters. The summed E-state index contributed by atoms with van der Waals surface area (Å²) < 4.78 is 0. The molecule has 1 aromatic carbocycles. The van der Waals surface area contributed by atoms with Crippen molar-refractivity contribution in [2.75, 3.05) is 6.54 Å². The van der Waals surface area contributed by atoms with Crippen molar-refractivity contribution in [2.24, 2.45) is 0 Å². The number of nitrogens with one attached hydrogen (secondary N) is 2. The normalized spacial score (nSPS) is 18.8. The predicted octanol–water partition coefficient (Wildman–Crippen LogP) is 1.29. The molecule has 1 aliphatic heterocycles. The summed E-state index contributed by atoms with van der Waals surface area (Å²) in [6.07, 6.45) is 3.38. The maximum absolute atomic E-state index is 13.0. The van der Waals surface area contributed by atoms with Crippen molar-refractivity contribution in [1.82, 2.24) is 35.4 Å². The lowest BCUT2D eigenvalue weighted by atomic mass is 10.1. The Balaban J connectivity index is 1.56. The maximum Gasteiger partial charge on any atom is 0.273 e. The Morgan fingerprint density at radius 3 is 2.71 bits per heavy atom. The molecule has 0 saturated carbocycles. The van der Waals surface area contributed by atoms with Crippen LogP contribution in [0.3, 0.4) is 0 Å². The minimum absolute atomic E-state index is 0.174. The van der Waals surface area contributed by atoms with Crippen LogP contribution in [0.25, 0.3) is 0 Å². The van der Waals surface area contributed by atoms with E-state index in [4.69, 9.17) is 0 Å². The summed E-state index contributed by atoms with van der Waals surface area (Å²) in [5, 5.41) is 10.0. The predicted molar refractivity (Wildman–Crippen MR) is 99.2 cm³/mol. The average molecular weight is 377 g/mol. The number of carbonyl (C=O) groups is 2. The van der Waals surface area contributed by atoms with Crippen LogP contribution in [-0.2, 0) is 0 Å². The van der Waals surface area contributed by atoms with E-state index in [1.165, 1.54) is 12.5 Å². The second-order valence-electron chi connectivity index (χ2n) is 6.62. The molecule has 142 valence electrons. The first-order chi connectivity index (χ1) is 13.6. The Hall–Kier alpha value is -3.62. The van der Waals surface area contributed by atoms with Crippen LogP contribution in [0, 0.1) is 6.92 Å². The van der Waals surface area contributed by atoms with Crippen LogP contribution in [0.1, 0.15) is 45.0 Å². The van der Waals surface area contributed by atoms with Crippen molar-refractivity contribution in [2.45, 2.75) is 25.4 Å². The van der Waals surface area contributed by atoms with E-state index in [2.05, 4.69) is 30.5 Å². The number of aromatic amines is 1. The summed E-state index contributed by atoms with van der Waals surface area (Å²) in [4.78, 5) is 39.5. The third-order valence-corrected chi connectivity index (χ3v) is 4.65. The minimum Gasteiger partial charge on any atom is -0.347 e. The zero-order chi connectivity index (χ0) is 19.5. The van der Waals surface area contributed by atoms with Crippen molar-refractivity contribution < 1.29 is 9.59 Å². The molecule has 1 aliphatic rings. The Kier molecular flexibility index (Phi) is 4.79. The number of aromatic nitrogens is 5. The second kappa shape index (κ2) is 7.55. The van der Waals surface area contributed by atoms with Crippen molar-refractivity contribution in [3.8, 4) is 0 Å². The zero-order valence-electron chi connectivity index (χ0n) is 15.2. The molecule has 0 spiro atoms. The molecule has 0 radical (unpaired) electrons. The van der Waals surface area contributed by atoms with Gasteiger partial charge in [-0.25, -0.2) is 15.0 Å². The van der Waals surface area contributed by atoms with E-state index >= 15 is 0 Å². The standard InChI is InChI=1S/C19H19N7O2/c1-12-22-17(25-24-12)16-9-14(23-18(27)13-5-3-2-4-6-13)10-26(16)19(28)15-7-8-20-11-21-15/h2-8,11,14,16H,9-10H2,1H3,(H,23,27)(H,22,24,25)/t14-,16-/m0/s1. The van der Waals surface area contributed by atoms with Crippen LogP contribution in [0.4, 0.5) is 0 Å². The van der Waals surface area contributed by atoms with E-state index in [1.54, 1.807) is 30.0 Å². The van der Waals surface area contributed by atoms with Gasteiger partial charge in [0, 0.05) is 24.3 Å². The van der Waals surface area contributed by atoms with Crippen LogP contribution >= 0.6 is 0 Å². The van der Waals surface area contributed by atoms with Crippen LogP contribution < -0.4 is 5.32 Å². The Morgan fingerprint density at radius 2 is 2.04 bits per heavy atom. The van der Waals surface area contributed by atoms with Gasteiger partial charge in [-0.05, 0) is 31.5 Å². The van der Waals surface area contributed by atoms with E-state index < -0.39 is 0 Å². The van der Waals surface area contributed by atoms with Gasteiger partial charge in [0.1, 0.15) is 17.8 Å². The van der Waals surface area contributed by atoms with Crippen LogP contribution in [0.15, 0.2) is 48.9 Å². The Morgan fingerprint density at radius 1 is 1.21 bits per heavy atom. The summed E-state index contributed by atoms with van der Waals surface area (Å²) in [7, 11) is 0. The molecule has 2 aromatic heterocycles. The quantitative estimate of drug-likeness (QED) is 0.708. The van der Waals surface area contributed by atoms with Crippen molar-refractivity contribution in [3.63, 3.8) is 0 Å². The van der Waals surface area contributed by atoms with Gasteiger partial charge in [0.05, 0.1) is 6.04 Å². The van der Waals surface area contributed by atoms with Gasteiger partial charge in [-0.2, -0.15) is 5.10 Å². The molecule has 2 N–H and O–H groups in total. The Bertz CT molecular complexity index is 974. The molecular formula is C19H19N7O2. The van der Waals surface area contributed by atoms with E-state index in [0.29, 0.717) is 35.9 Å². The fraction of sp³-hybridized carbons (Fsp3) is 0.263. The third kappa shape index (κ3) is 3.59. The first kappa shape index (κ1) is 17.8. The van der Waals surface area contributed by atoms with Gasteiger partial charge in [0.25, 0.3) is 11.8 Å². The third-order valence-electron chi connectivity index (χ3n) is 4.65. The van der Waals surface area contributed by atoms with Crippen molar-refractivity contribution in [1.29, 1.82) is 0 Å². The molecular weight excluding hydrogens is 358 g/mol. The summed E-state index contributed by atoms with van der Waals surface area (Å²) in [6.45, 7) is 2.15. The molecule has 9 nitrogen and oxygen atoms in total. The first-order valence-electron chi connectivity index (χ1n) is 8.93. The van der Waals surface area contributed by atoms with Gasteiger partial charge in [0.2, 0.25) is 0 Å². The highest BCUT2D eigenvalue weighted by Crippen LogP contribution is 2.31. The largest absolute Gasteiger partial charge is 0.347 e. The van der Waals surface area contributed by atoms with Gasteiger partial charge in [0.15, 0.2) is 5.82 Å². The van der Waals surface area contributed by atoms with Crippen molar-refractivity contribution in [3.05, 3.63) is 71.8 Å². The average Bonchev–Trinajstić information content (AvgIpc) is 3.35. The minimum atomic E-state index is -0.353. The molecule has 3 heterocycles. The molecule has 0 aliphatic carbocycles. The fourth-order valence-electron chi connectivity index (χ4n) is 3.34. The van der Waals surface area contributed by atoms with Gasteiger partial charge in [-0.3, -0.25) is 14.7 Å². The first-order valence-corrected chi connectivity index (χ1v) is 8.93. The second-order valence-corrected chi connectivity index (χ2v) is 6.62. The summed E-state index contributed by atoms with van der Waals surface area (Å²) in [5.74, 6) is 0.774. The monoisotopic (exact) mass is 377 g/mol. The smallest absolute Gasteiger partial charge is 0.273 e. The zero-order valence-corrected chi connectivity index (χ0v) is 15.2. The lowest BCUT2D eigenvalue weighted by Crippen LogP contribution is -2.38. The summed E-state index contributed by atoms with van der Waals surface area (Å²) in [6, 6.07) is 9.99. The molecule has 9 heteroatoms. The molecule has 1 saturated heterocycles. The highest BCUT2D eigenvalue weighted by atomic mass is 16.2. The highest BCUT2D eigenvalue weighted by Gasteiger charge is 2.39. The number of benzene rings is 1. The van der Waals surface area contributed by atoms with Crippen LogP contribution in [0.2, 0.25) is 0 Å². The number of hydrogen-bond acceptors (Lipinski definition) is 6. The SMILES string of the molecule is Cc1nc([C@@H]2C[C@H](NC(=O)c3ccccc3)CN2C(=O)c2ccncn2)n[nH]1. The molecule has 0 unspecified atom stereocenters. The van der Waals surface area contributed by atoms with Gasteiger partial charge >= 0.3 is 0 Å². The number of amides is 2. The number of nitrogens with zero attached hydrogens (tertiary/aromatic N) is 5. The Labute approximate surface area is 161 Å². The molecule has 2 amide bonds. The number of hydrogen-bond donors (Lipinski definition) is 2. The lowest BCUT2D eigenvalue weighted by molar-refractivity contribution is 0.0718. The number of likely N-dealkylation sites (tertiary alicyclic amines) is 1. The number of rotatable bonds is 4. The number of H-pyrrole nitrogens is 1. The van der Waals surface area contributed by atoms with E-state index in [9.17, 15) is 9.59 Å². The highest BCUT2D eigenvalue weighted by molar-refractivity contribution is 5.95. The lowest BCUT2D eigenvalue weighted by Gasteiger charge is -2.21. The number of aryl methyl sites for hydroxylation is 1. The molecule has 28 heavy (non-hydrogen) atoms. The van der Waals surface area contributed by atoms with Crippen LogP contribution in [0.5, 0.6) is 0 Å². The molecule has 4 rings (SSSR count). The van der Waals surface area contributed by atoms with Gasteiger partial charge in [-0.15, -0.1) is 0 Å². The van der Waals surface area contributed by atoms with E-state index in [1.807, 2.05) is 18.2 Å². The fourth-order valence-corrected chi connectivity index (χ4v) is 3.34. The molecule has 3 aromatic rings. The molecule has 1 fully saturated rings. The number of carbonyl (C=O) groups excluding carboxylic acids is 2.